The van der Waals surface area contributed by atoms with Crippen molar-refractivity contribution in [1.29, 1.82) is 0 Å². The Kier molecular flexibility index (Phi) is 4.57. The van der Waals surface area contributed by atoms with Crippen LogP contribution >= 0.6 is 11.6 Å². The molecule has 0 atom stereocenters. The van der Waals surface area contributed by atoms with Crippen molar-refractivity contribution in [2.75, 3.05) is 19.6 Å². The zero-order valence-electron chi connectivity index (χ0n) is 13.1. The predicted octanol–water partition coefficient (Wildman–Crippen LogP) is 2.57. The number of rotatable bonds is 3. The summed E-state index contributed by atoms with van der Waals surface area (Å²) in [6.45, 7) is 1.63. The zero-order valence-corrected chi connectivity index (χ0v) is 13.9. The fraction of sp³-hybridized carbons (Fsp3) is 0.412. The number of benzene rings is 1. The molecule has 6 heteroatoms. The van der Waals surface area contributed by atoms with Crippen molar-refractivity contribution < 1.29 is 9.59 Å². The van der Waals surface area contributed by atoms with Gasteiger partial charge >= 0.3 is 0 Å². The van der Waals surface area contributed by atoms with Gasteiger partial charge in [-0.15, -0.1) is 0 Å². The first-order valence-electron chi connectivity index (χ1n) is 7.87. The maximum absolute atomic E-state index is 12.4. The number of fused-ring (bicyclic) bond motifs is 1. The largest absolute Gasteiger partial charge is 0.342 e. The molecular formula is C17H20ClN3O2. The molecule has 1 aliphatic rings. The van der Waals surface area contributed by atoms with Crippen molar-refractivity contribution >= 4 is 34.3 Å². The number of likely N-dealkylation sites (tertiary alicyclic amines) is 1. The van der Waals surface area contributed by atoms with Gasteiger partial charge in [0.05, 0.1) is 6.54 Å². The first kappa shape index (κ1) is 15.9. The number of halogens is 1. The highest BCUT2D eigenvalue weighted by Gasteiger charge is 2.19. The van der Waals surface area contributed by atoms with Gasteiger partial charge in [0.1, 0.15) is 5.69 Å². The van der Waals surface area contributed by atoms with E-state index in [1.165, 1.54) is 6.42 Å². The first-order valence-corrected chi connectivity index (χ1v) is 8.25. The maximum atomic E-state index is 12.4. The molecule has 1 aromatic carbocycles. The molecule has 2 amide bonds. The summed E-state index contributed by atoms with van der Waals surface area (Å²) in [6, 6.07) is 7.32. The molecule has 122 valence electrons. The lowest BCUT2D eigenvalue weighted by Gasteiger charge is -2.26. The number of carbonyl (C=O) groups is 2. The number of piperidine rings is 1. The second-order valence-corrected chi connectivity index (χ2v) is 6.35. The van der Waals surface area contributed by atoms with Crippen molar-refractivity contribution in [3.63, 3.8) is 0 Å². The van der Waals surface area contributed by atoms with Crippen molar-refractivity contribution in [2.45, 2.75) is 19.3 Å². The highest BCUT2D eigenvalue weighted by Crippen LogP contribution is 2.22. The molecule has 0 saturated carbocycles. The molecule has 23 heavy (non-hydrogen) atoms. The van der Waals surface area contributed by atoms with Crippen LogP contribution in [0.25, 0.3) is 10.9 Å². The van der Waals surface area contributed by atoms with Gasteiger partial charge in [-0.1, -0.05) is 17.7 Å². The summed E-state index contributed by atoms with van der Waals surface area (Å²) in [6.07, 6.45) is 3.27. The van der Waals surface area contributed by atoms with Gasteiger partial charge in [-0.2, -0.15) is 0 Å². The van der Waals surface area contributed by atoms with Gasteiger partial charge in [-0.05, 0) is 37.5 Å². The Morgan fingerprint density at radius 2 is 1.91 bits per heavy atom. The predicted molar refractivity (Wildman–Crippen MR) is 90.7 cm³/mol. The molecule has 1 fully saturated rings. The molecular weight excluding hydrogens is 314 g/mol. The SMILES string of the molecule is Cn1c(C(=O)NCC(=O)N2CCCCC2)cc2ccc(Cl)cc21. The Hall–Kier alpha value is -2.01. The smallest absolute Gasteiger partial charge is 0.268 e. The van der Waals surface area contributed by atoms with Crippen LogP contribution in [0.1, 0.15) is 29.8 Å². The lowest BCUT2D eigenvalue weighted by atomic mass is 10.1. The average molecular weight is 334 g/mol. The van der Waals surface area contributed by atoms with Crippen LogP contribution in [0.3, 0.4) is 0 Å². The van der Waals surface area contributed by atoms with E-state index in [9.17, 15) is 9.59 Å². The average Bonchev–Trinajstić information content (AvgIpc) is 2.90. The van der Waals surface area contributed by atoms with Crippen LogP contribution < -0.4 is 5.32 Å². The summed E-state index contributed by atoms with van der Waals surface area (Å²) < 4.78 is 1.79. The Morgan fingerprint density at radius 3 is 2.65 bits per heavy atom. The normalized spacial score (nSPS) is 15.0. The third-order valence-electron chi connectivity index (χ3n) is 4.35. The number of nitrogens with zero attached hydrogens (tertiary/aromatic N) is 2. The van der Waals surface area contributed by atoms with Gasteiger partial charge in [-0.3, -0.25) is 9.59 Å². The molecule has 1 N–H and O–H groups in total. The Bertz CT molecular complexity index is 748. The topological polar surface area (TPSA) is 54.3 Å². The molecule has 0 bridgehead atoms. The minimum Gasteiger partial charge on any atom is -0.342 e. The summed E-state index contributed by atoms with van der Waals surface area (Å²) in [5.74, 6) is -0.259. The van der Waals surface area contributed by atoms with Crippen LogP contribution in [0.5, 0.6) is 0 Å². The number of carbonyl (C=O) groups excluding carboxylic acids is 2. The molecule has 2 aromatic rings. The van der Waals surface area contributed by atoms with E-state index in [0.29, 0.717) is 10.7 Å². The zero-order chi connectivity index (χ0) is 16.4. The number of aryl methyl sites for hydroxylation is 1. The standard InChI is InChI=1S/C17H20ClN3O2/c1-20-14-10-13(18)6-5-12(14)9-15(20)17(23)19-11-16(22)21-7-3-2-4-8-21/h5-6,9-10H,2-4,7-8,11H2,1H3,(H,19,23). The second kappa shape index (κ2) is 6.62. The van der Waals surface area contributed by atoms with Gasteiger partial charge in [0.2, 0.25) is 5.91 Å². The molecule has 2 heterocycles. The van der Waals surface area contributed by atoms with Gasteiger partial charge < -0.3 is 14.8 Å². The van der Waals surface area contributed by atoms with E-state index < -0.39 is 0 Å². The number of amides is 2. The fourth-order valence-electron chi connectivity index (χ4n) is 3.02. The maximum Gasteiger partial charge on any atom is 0.268 e. The van der Waals surface area contributed by atoms with Crippen LogP contribution in [0.2, 0.25) is 5.02 Å². The van der Waals surface area contributed by atoms with E-state index in [-0.39, 0.29) is 18.4 Å². The Balaban J connectivity index is 1.68. The van der Waals surface area contributed by atoms with Crippen molar-refractivity contribution in [1.82, 2.24) is 14.8 Å². The Morgan fingerprint density at radius 1 is 1.17 bits per heavy atom. The van der Waals surface area contributed by atoms with E-state index >= 15 is 0 Å². The molecule has 0 aliphatic carbocycles. The molecule has 1 saturated heterocycles. The quantitative estimate of drug-likeness (QED) is 0.938. The third-order valence-corrected chi connectivity index (χ3v) is 4.58. The highest BCUT2D eigenvalue weighted by molar-refractivity contribution is 6.31. The van der Waals surface area contributed by atoms with Gasteiger partial charge in [-0.25, -0.2) is 0 Å². The molecule has 5 nitrogen and oxygen atoms in total. The van der Waals surface area contributed by atoms with Crippen LogP contribution in [0.15, 0.2) is 24.3 Å². The number of aromatic nitrogens is 1. The van der Waals surface area contributed by atoms with Crippen LogP contribution in [0, 0.1) is 0 Å². The van der Waals surface area contributed by atoms with E-state index in [4.69, 9.17) is 11.6 Å². The molecule has 3 rings (SSSR count). The summed E-state index contributed by atoms with van der Waals surface area (Å²) in [5.41, 5.74) is 1.42. The lowest BCUT2D eigenvalue weighted by molar-refractivity contribution is -0.130. The number of hydrogen-bond donors (Lipinski definition) is 1. The number of nitrogens with one attached hydrogen (secondary N) is 1. The van der Waals surface area contributed by atoms with Crippen LogP contribution in [-0.4, -0.2) is 40.9 Å². The van der Waals surface area contributed by atoms with E-state index in [2.05, 4.69) is 5.32 Å². The second-order valence-electron chi connectivity index (χ2n) is 5.92. The molecule has 0 spiro atoms. The fourth-order valence-corrected chi connectivity index (χ4v) is 3.19. The van der Waals surface area contributed by atoms with Crippen LogP contribution in [-0.2, 0) is 11.8 Å². The van der Waals surface area contributed by atoms with Gasteiger partial charge in [0, 0.05) is 36.1 Å². The van der Waals surface area contributed by atoms with E-state index in [1.54, 1.807) is 10.6 Å². The molecule has 1 aromatic heterocycles. The summed E-state index contributed by atoms with van der Waals surface area (Å²) in [4.78, 5) is 26.3. The number of hydrogen-bond acceptors (Lipinski definition) is 2. The molecule has 0 unspecified atom stereocenters. The monoisotopic (exact) mass is 333 g/mol. The Labute approximate surface area is 140 Å². The summed E-state index contributed by atoms with van der Waals surface area (Å²) in [5, 5.41) is 4.31. The van der Waals surface area contributed by atoms with Crippen molar-refractivity contribution in [3.8, 4) is 0 Å². The minimum absolute atomic E-state index is 0.0140. The summed E-state index contributed by atoms with van der Waals surface area (Å²) in [7, 11) is 1.82. The molecule has 1 aliphatic heterocycles. The van der Waals surface area contributed by atoms with Gasteiger partial charge in [0.25, 0.3) is 5.91 Å². The van der Waals surface area contributed by atoms with Crippen molar-refractivity contribution in [3.05, 3.63) is 35.0 Å². The third kappa shape index (κ3) is 3.34. The van der Waals surface area contributed by atoms with Gasteiger partial charge in [0.15, 0.2) is 0 Å². The van der Waals surface area contributed by atoms with E-state index in [1.807, 2.05) is 30.1 Å². The van der Waals surface area contributed by atoms with Crippen LogP contribution in [0.4, 0.5) is 0 Å². The highest BCUT2D eigenvalue weighted by atomic mass is 35.5. The first-order chi connectivity index (χ1) is 11.1. The van der Waals surface area contributed by atoms with E-state index in [0.717, 1.165) is 36.8 Å². The summed E-state index contributed by atoms with van der Waals surface area (Å²) >= 11 is 6.00. The molecule has 0 radical (unpaired) electrons. The van der Waals surface area contributed by atoms with Crippen molar-refractivity contribution in [2.24, 2.45) is 7.05 Å². The minimum atomic E-state index is -0.245. The lowest BCUT2D eigenvalue weighted by Crippen LogP contribution is -2.42.